The molecule has 1 aromatic carbocycles. The molecular formula is C20H27ClN2O4. The van der Waals surface area contributed by atoms with Crippen molar-refractivity contribution >= 4 is 23.4 Å². The highest BCUT2D eigenvalue weighted by Crippen LogP contribution is 2.26. The largest absolute Gasteiger partial charge is 0.489 e. The standard InChI is InChI=1S/C20H27ClN2O4/c1-14(24)23-8-6-17(7-9-23)27-19-5-4-16(21)11-18(19)20(25)22-12-15-3-2-10-26-13-15/h4-5,11,15,17H,2-3,6-10,12-13H2,1H3,(H,22,25)/t15-/m1/s1. The number of likely N-dealkylation sites (tertiary alicyclic amines) is 1. The number of nitrogens with zero attached hydrogens (tertiary/aromatic N) is 1. The van der Waals surface area contributed by atoms with Crippen molar-refractivity contribution in [2.45, 2.75) is 38.7 Å². The van der Waals surface area contributed by atoms with Gasteiger partial charge < -0.3 is 19.7 Å². The van der Waals surface area contributed by atoms with Gasteiger partial charge in [-0.15, -0.1) is 0 Å². The summed E-state index contributed by atoms with van der Waals surface area (Å²) in [6.45, 7) is 5.02. The van der Waals surface area contributed by atoms with Gasteiger partial charge in [-0.2, -0.15) is 0 Å². The second-order valence-electron chi connectivity index (χ2n) is 7.26. The summed E-state index contributed by atoms with van der Waals surface area (Å²) in [5.74, 6) is 0.797. The highest BCUT2D eigenvalue weighted by Gasteiger charge is 2.24. The minimum Gasteiger partial charge on any atom is -0.489 e. The fourth-order valence-electron chi connectivity index (χ4n) is 3.55. The van der Waals surface area contributed by atoms with Crippen molar-refractivity contribution in [3.05, 3.63) is 28.8 Å². The first kappa shape index (κ1) is 20.0. The molecule has 0 radical (unpaired) electrons. The first-order valence-corrected chi connectivity index (χ1v) is 9.98. The smallest absolute Gasteiger partial charge is 0.255 e. The van der Waals surface area contributed by atoms with Gasteiger partial charge in [-0.1, -0.05) is 11.6 Å². The molecule has 0 bridgehead atoms. The number of amides is 2. The zero-order valence-corrected chi connectivity index (χ0v) is 16.5. The molecule has 148 valence electrons. The van der Waals surface area contributed by atoms with Crippen molar-refractivity contribution in [1.29, 1.82) is 0 Å². The topological polar surface area (TPSA) is 67.9 Å². The van der Waals surface area contributed by atoms with Crippen molar-refractivity contribution in [3.8, 4) is 5.75 Å². The molecule has 1 atom stereocenters. The van der Waals surface area contributed by atoms with E-state index in [1.807, 2.05) is 4.90 Å². The molecular weight excluding hydrogens is 368 g/mol. The first-order chi connectivity index (χ1) is 13.0. The Hall–Kier alpha value is -1.79. The van der Waals surface area contributed by atoms with E-state index in [-0.39, 0.29) is 17.9 Å². The normalized spacial score (nSPS) is 21.0. The SMILES string of the molecule is CC(=O)N1CCC(Oc2ccc(Cl)cc2C(=O)NC[C@H]2CCCOC2)CC1. The van der Waals surface area contributed by atoms with Crippen molar-refractivity contribution in [3.63, 3.8) is 0 Å². The van der Waals surface area contributed by atoms with Crippen molar-refractivity contribution in [2.24, 2.45) is 5.92 Å². The number of halogens is 1. The van der Waals surface area contributed by atoms with Crippen LogP contribution in [0.2, 0.25) is 5.02 Å². The second-order valence-corrected chi connectivity index (χ2v) is 7.69. The van der Waals surface area contributed by atoms with Gasteiger partial charge in [-0.25, -0.2) is 0 Å². The quantitative estimate of drug-likeness (QED) is 0.833. The number of nitrogens with one attached hydrogen (secondary N) is 1. The van der Waals surface area contributed by atoms with Crippen LogP contribution in [0.4, 0.5) is 0 Å². The summed E-state index contributed by atoms with van der Waals surface area (Å²) in [5.41, 5.74) is 0.452. The van der Waals surface area contributed by atoms with Crippen LogP contribution in [0.15, 0.2) is 18.2 Å². The molecule has 2 aliphatic rings. The van der Waals surface area contributed by atoms with Crippen LogP contribution in [-0.4, -0.2) is 55.7 Å². The van der Waals surface area contributed by atoms with Gasteiger partial charge in [0.25, 0.3) is 5.91 Å². The number of hydrogen-bond donors (Lipinski definition) is 1. The summed E-state index contributed by atoms with van der Waals surface area (Å²) >= 11 is 6.11. The highest BCUT2D eigenvalue weighted by molar-refractivity contribution is 6.31. The average molecular weight is 395 g/mol. The fraction of sp³-hybridized carbons (Fsp3) is 0.600. The zero-order chi connectivity index (χ0) is 19.2. The number of benzene rings is 1. The Morgan fingerprint density at radius 3 is 2.74 bits per heavy atom. The fourth-order valence-corrected chi connectivity index (χ4v) is 3.72. The van der Waals surface area contributed by atoms with Gasteiger partial charge in [0.1, 0.15) is 11.9 Å². The molecule has 1 aromatic rings. The zero-order valence-electron chi connectivity index (χ0n) is 15.7. The number of ether oxygens (including phenoxy) is 2. The second kappa shape index (κ2) is 9.42. The molecule has 2 heterocycles. The summed E-state index contributed by atoms with van der Waals surface area (Å²) in [6.07, 6.45) is 3.59. The maximum Gasteiger partial charge on any atom is 0.255 e. The van der Waals surface area contributed by atoms with Crippen LogP contribution >= 0.6 is 11.6 Å². The van der Waals surface area contributed by atoms with E-state index in [0.717, 1.165) is 32.3 Å². The molecule has 2 fully saturated rings. The van der Waals surface area contributed by atoms with Gasteiger partial charge in [-0.05, 0) is 37.0 Å². The molecule has 1 N–H and O–H groups in total. The van der Waals surface area contributed by atoms with Crippen LogP contribution in [0.3, 0.4) is 0 Å². The Kier molecular flexibility index (Phi) is 6.96. The third kappa shape index (κ3) is 5.59. The Labute approximate surface area is 165 Å². The summed E-state index contributed by atoms with van der Waals surface area (Å²) < 4.78 is 11.6. The van der Waals surface area contributed by atoms with Gasteiger partial charge in [-0.3, -0.25) is 9.59 Å². The minimum atomic E-state index is -0.181. The lowest BCUT2D eigenvalue weighted by molar-refractivity contribution is -0.130. The molecule has 6 nitrogen and oxygen atoms in total. The Balaban J connectivity index is 1.60. The molecule has 0 spiro atoms. The minimum absolute atomic E-state index is 0.0138. The first-order valence-electron chi connectivity index (χ1n) is 9.60. The lowest BCUT2D eigenvalue weighted by atomic mass is 10.0. The molecule has 2 aliphatic heterocycles. The van der Waals surface area contributed by atoms with E-state index in [1.165, 1.54) is 0 Å². The van der Waals surface area contributed by atoms with Crippen LogP contribution in [0.1, 0.15) is 43.0 Å². The van der Waals surface area contributed by atoms with E-state index >= 15 is 0 Å². The van der Waals surface area contributed by atoms with E-state index < -0.39 is 0 Å². The molecule has 3 rings (SSSR count). The molecule has 0 aromatic heterocycles. The summed E-state index contributed by atoms with van der Waals surface area (Å²) in [7, 11) is 0. The molecule has 27 heavy (non-hydrogen) atoms. The van der Waals surface area contributed by atoms with Crippen LogP contribution < -0.4 is 10.1 Å². The van der Waals surface area contributed by atoms with Gasteiger partial charge in [0.15, 0.2) is 0 Å². The van der Waals surface area contributed by atoms with E-state index in [9.17, 15) is 9.59 Å². The van der Waals surface area contributed by atoms with Gasteiger partial charge in [0.05, 0.1) is 12.2 Å². The number of piperidine rings is 1. The maximum absolute atomic E-state index is 12.7. The van der Waals surface area contributed by atoms with Crippen LogP contribution in [0.5, 0.6) is 5.75 Å². The van der Waals surface area contributed by atoms with Gasteiger partial charge in [0, 0.05) is 51.0 Å². The molecule has 7 heteroatoms. The summed E-state index contributed by atoms with van der Waals surface area (Å²) in [6, 6.07) is 5.12. The number of rotatable bonds is 5. The van der Waals surface area contributed by atoms with Crippen molar-refractivity contribution < 1.29 is 19.1 Å². The number of carbonyl (C=O) groups is 2. The van der Waals surface area contributed by atoms with Crippen molar-refractivity contribution in [2.75, 3.05) is 32.8 Å². The third-order valence-electron chi connectivity index (χ3n) is 5.17. The van der Waals surface area contributed by atoms with Gasteiger partial charge >= 0.3 is 0 Å². The van der Waals surface area contributed by atoms with E-state index in [1.54, 1.807) is 25.1 Å². The summed E-state index contributed by atoms with van der Waals surface area (Å²) in [4.78, 5) is 26.0. The Bertz CT molecular complexity index is 668. The molecule has 0 unspecified atom stereocenters. The lowest BCUT2D eigenvalue weighted by Gasteiger charge is -2.31. The number of hydrogen-bond acceptors (Lipinski definition) is 4. The van der Waals surface area contributed by atoms with Crippen LogP contribution in [0, 0.1) is 5.92 Å². The van der Waals surface area contributed by atoms with Crippen molar-refractivity contribution in [1.82, 2.24) is 10.2 Å². The molecule has 0 aliphatic carbocycles. The van der Waals surface area contributed by atoms with E-state index in [4.69, 9.17) is 21.1 Å². The highest BCUT2D eigenvalue weighted by atomic mass is 35.5. The lowest BCUT2D eigenvalue weighted by Crippen LogP contribution is -2.41. The molecule has 2 saturated heterocycles. The Morgan fingerprint density at radius 2 is 2.07 bits per heavy atom. The predicted molar refractivity (Wildman–Crippen MR) is 103 cm³/mol. The molecule has 0 saturated carbocycles. The van der Waals surface area contributed by atoms with Crippen LogP contribution in [-0.2, 0) is 9.53 Å². The van der Waals surface area contributed by atoms with E-state index in [0.29, 0.717) is 48.5 Å². The molecule has 2 amide bonds. The monoisotopic (exact) mass is 394 g/mol. The third-order valence-corrected chi connectivity index (χ3v) is 5.41. The maximum atomic E-state index is 12.7. The average Bonchev–Trinajstić information content (AvgIpc) is 2.68. The Morgan fingerprint density at radius 1 is 1.30 bits per heavy atom. The number of carbonyl (C=O) groups excluding carboxylic acids is 2. The predicted octanol–water partition coefficient (Wildman–Crippen LogP) is 2.89. The summed E-state index contributed by atoms with van der Waals surface area (Å²) in [5, 5.41) is 3.48. The van der Waals surface area contributed by atoms with E-state index in [2.05, 4.69) is 5.32 Å². The van der Waals surface area contributed by atoms with Crippen LogP contribution in [0.25, 0.3) is 0 Å². The van der Waals surface area contributed by atoms with Gasteiger partial charge in [0.2, 0.25) is 5.91 Å².